The zero-order valence-corrected chi connectivity index (χ0v) is 18.1. The lowest BCUT2D eigenvalue weighted by molar-refractivity contribution is -0.116. The highest BCUT2D eigenvalue weighted by Crippen LogP contribution is 2.23. The van der Waals surface area contributed by atoms with E-state index < -0.39 is 5.82 Å². The Kier molecular flexibility index (Phi) is 6.79. The van der Waals surface area contributed by atoms with Crippen LogP contribution in [-0.4, -0.2) is 33.9 Å². The van der Waals surface area contributed by atoms with Crippen molar-refractivity contribution in [3.8, 4) is 11.4 Å². The number of nitrogens with zero attached hydrogens (tertiary/aromatic N) is 3. The van der Waals surface area contributed by atoms with E-state index in [-0.39, 0.29) is 30.3 Å². The molecule has 0 aliphatic carbocycles. The maximum absolute atomic E-state index is 14.4. The Morgan fingerprint density at radius 3 is 2.55 bits per heavy atom. The maximum Gasteiger partial charge on any atom is 0.254 e. The van der Waals surface area contributed by atoms with E-state index in [1.807, 2.05) is 25.8 Å². The summed E-state index contributed by atoms with van der Waals surface area (Å²) in [7, 11) is 1.81. The lowest BCUT2D eigenvalue weighted by Crippen LogP contribution is -2.26. The van der Waals surface area contributed by atoms with E-state index in [1.54, 1.807) is 43.6 Å². The van der Waals surface area contributed by atoms with E-state index in [0.717, 1.165) is 5.56 Å². The first-order chi connectivity index (χ1) is 14.8. The average molecular weight is 423 g/mol. The van der Waals surface area contributed by atoms with Gasteiger partial charge in [-0.2, -0.15) is 0 Å². The van der Waals surface area contributed by atoms with Crippen molar-refractivity contribution in [3.63, 3.8) is 0 Å². The van der Waals surface area contributed by atoms with Crippen LogP contribution < -0.4 is 15.8 Å². The molecular weight excluding hydrogens is 397 g/mol. The van der Waals surface area contributed by atoms with Crippen LogP contribution in [-0.2, 0) is 11.2 Å². The van der Waals surface area contributed by atoms with Gasteiger partial charge >= 0.3 is 0 Å². The molecule has 0 radical (unpaired) electrons. The Balaban J connectivity index is 1.66. The quantitative estimate of drug-likeness (QED) is 0.605. The number of aromatic nitrogens is 3. The highest BCUT2D eigenvalue weighted by Gasteiger charge is 2.14. The molecule has 0 atom stereocenters. The molecule has 2 heterocycles. The molecule has 8 heteroatoms. The van der Waals surface area contributed by atoms with Gasteiger partial charge in [0.05, 0.1) is 5.69 Å². The smallest absolute Gasteiger partial charge is 0.254 e. The number of amides is 1. The molecule has 3 rings (SSSR count). The molecule has 31 heavy (non-hydrogen) atoms. The summed E-state index contributed by atoms with van der Waals surface area (Å²) in [5.74, 6) is -0.251. The fraction of sp³-hybridized carbons (Fsp3) is 0.304. The number of halogens is 1. The van der Waals surface area contributed by atoms with Crippen LogP contribution in [0.3, 0.4) is 0 Å². The minimum absolute atomic E-state index is 0.0788. The third-order valence-corrected chi connectivity index (χ3v) is 5.16. The number of benzene rings is 1. The van der Waals surface area contributed by atoms with Crippen LogP contribution in [0.2, 0.25) is 0 Å². The maximum atomic E-state index is 14.4. The monoisotopic (exact) mass is 423 g/mol. The lowest BCUT2D eigenvalue weighted by atomic mass is 10.1. The summed E-state index contributed by atoms with van der Waals surface area (Å²) in [5.41, 5.74) is 2.34. The number of anilines is 2. The van der Waals surface area contributed by atoms with Crippen molar-refractivity contribution in [1.29, 1.82) is 0 Å². The van der Waals surface area contributed by atoms with E-state index >= 15 is 0 Å². The number of carbonyl (C=O) groups excluding carboxylic acids is 1. The number of hydrogen-bond acceptors (Lipinski definition) is 5. The molecule has 3 aromatic rings. The van der Waals surface area contributed by atoms with Gasteiger partial charge in [0.15, 0.2) is 0 Å². The van der Waals surface area contributed by atoms with Gasteiger partial charge in [0.2, 0.25) is 5.91 Å². The van der Waals surface area contributed by atoms with Gasteiger partial charge < -0.3 is 15.2 Å². The van der Waals surface area contributed by atoms with Crippen molar-refractivity contribution in [2.24, 2.45) is 0 Å². The predicted octanol–water partition coefficient (Wildman–Crippen LogP) is 3.70. The Morgan fingerprint density at radius 1 is 1.23 bits per heavy atom. The van der Waals surface area contributed by atoms with E-state index in [1.165, 1.54) is 6.07 Å². The number of pyridine rings is 1. The lowest BCUT2D eigenvalue weighted by Gasteiger charge is -2.24. The van der Waals surface area contributed by atoms with Crippen LogP contribution in [0.4, 0.5) is 15.8 Å². The normalized spacial score (nSPS) is 10.9. The molecule has 1 amide bonds. The van der Waals surface area contributed by atoms with Gasteiger partial charge in [-0.3, -0.25) is 14.6 Å². The first kappa shape index (κ1) is 22.1. The van der Waals surface area contributed by atoms with Gasteiger partial charge in [-0.15, -0.1) is 0 Å². The Bertz CT molecular complexity index is 1130. The highest BCUT2D eigenvalue weighted by atomic mass is 19.1. The minimum atomic E-state index is -0.405. The fourth-order valence-corrected chi connectivity index (χ4v) is 3.16. The molecule has 0 spiro atoms. The van der Waals surface area contributed by atoms with Gasteiger partial charge in [-0.25, -0.2) is 9.37 Å². The second kappa shape index (κ2) is 9.51. The van der Waals surface area contributed by atoms with Crippen molar-refractivity contribution < 1.29 is 9.18 Å². The molecule has 7 nitrogen and oxygen atoms in total. The Morgan fingerprint density at radius 2 is 1.94 bits per heavy atom. The second-order valence-corrected chi connectivity index (χ2v) is 7.63. The molecule has 0 bridgehead atoms. The number of hydrogen-bond donors (Lipinski definition) is 2. The summed E-state index contributed by atoms with van der Waals surface area (Å²) in [4.78, 5) is 37.8. The summed E-state index contributed by atoms with van der Waals surface area (Å²) < 4.78 is 14.4. The van der Waals surface area contributed by atoms with Crippen LogP contribution in [0.1, 0.15) is 31.5 Å². The SMILES string of the molecule is Cc1nc(-c2ccncc2)[nH]c(=O)c1CCC(=O)Nc1ccc(N(C)C(C)C)c(F)c1. The van der Waals surface area contributed by atoms with Crippen LogP contribution in [0, 0.1) is 12.7 Å². The van der Waals surface area contributed by atoms with E-state index in [0.29, 0.717) is 28.5 Å². The molecular formula is C23H26FN5O2. The summed E-state index contributed by atoms with van der Waals surface area (Å²) >= 11 is 0. The van der Waals surface area contributed by atoms with E-state index in [2.05, 4.69) is 20.3 Å². The minimum Gasteiger partial charge on any atom is -0.370 e. The third-order valence-electron chi connectivity index (χ3n) is 5.16. The summed E-state index contributed by atoms with van der Waals surface area (Å²) in [5, 5.41) is 2.69. The summed E-state index contributed by atoms with van der Waals surface area (Å²) in [6.07, 6.45) is 3.56. The van der Waals surface area contributed by atoms with Crippen molar-refractivity contribution in [3.05, 3.63) is 70.2 Å². The molecule has 1 aromatic carbocycles. The third kappa shape index (κ3) is 5.33. The van der Waals surface area contributed by atoms with Crippen molar-refractivity contribution in [1.82, 2.24) is 15.0 Å². The van der Waals surface area contributed by atoms with Crippen LogP contribution in [0.25, 0.3) is 11.4 Å². The van der Waals surface area contributed by atoms with Gasteiger partial charge in [-0.1, -0.05) is 0 Å². The van der Waals surface area contributed by atoms with Gasteiger partial charge in [-0.05, 0) is 57.5 Å². The summed E-state index contributed by atoms with van der Waals surface area (Å²) in [6.45, 7) is 5.68. The number of aryl methyl sites for hydroxylation is 1. The molecule has 0 fully saturated rings. The summed E-state index contributed by atoms with van der Waals surface area (Å²) in [6, 6.07) is 8.27. The van der Waals surface area contributed by atoms with Crippen LogP contribution in [0.15, 0.2) is 47.5 Å². The standard InChI is InChI=1S/C23H26FN5O2/c1-14(2)29(4)20-7-5-17(13-19(20)24)27-21(30)8-6-18-15(3)26-22(28-23(18)31)16-9-11-25-12-10-16/h5,7,9-14H,6,8H2,1-4H3,(H,27,30)(H,26,28,31). The number of rotatable bonds is 7. The molecule has 0 aliphatic heterocycles. The zero-order valence-electron chi connectivity index (χ0n) is 18.1. The number of nitrogens with one attached hydrogen (secondary N) is 2. The molecule has 0 unspecified atom stereocenters. The molecule has 162 valence electrons. The van der Waals surface area contributed by atoms with E-state index in [4.69, 9.17) is 0 Å². The van der Waals surface area contributed by atoms with Gasteiger partial charge in [0.25, 0.3) is 5.56 Å². The van der Waals surface area contributed by atoms with Crippen LogP contribution >= 0.6 is 0 Å². The van der Waals surface area contributed by atoms with E-state index in [9.17, 15) is 14.0 Å². The average Bonchev–Trinajstić information content (AvgIpc) is 2.73. The Hall–Kier alpha value is -3.55. The zero-order chi connectivity index (χ0) is 22.5. The first-order valence-electron chi connectivity index (χ1n) is 10.1. The topological polar surface area (TPSA) is 91.0 Å². The number of aromatic amines is 1. The van der Waals surface area contributed by atoms with Crippen molar-refractivity contribution in [2.75, 3.05) is 17.3 Å². The molecule has 2 aromatic heterocycles. The first-order valence-corrected chi connectivity index (χ1v) is 10.1. The van der Waals surface area contributed by atoms with Gasteiger partial charge in [0, 0.05) is 54.4 Å². The van der Waals surface area contributed by atoms with Gasteiger partial charge in [0.1, 0.15) is 11.6 Å². The Labute approximate surface area is 180 Å². The molecule has 0 saturated carbocycles. The second-order valence-electron chi connectivity index (χ2n) is 7.63. The number of H-pyrrole nitrogens is 1. The fourth-order valence-electron chi connectivity index (χ4n) is 3.16. The van der Waals surface area contributed by atoms with Crippen LogP contribution in [0.5, 0.6) is 0 Å². The molecule has 0 saturated heterocycles. The predicted molar refractivity (Wildman–Crippen MR) is 120 cm³/mol. The highest BCUT2D eigenvalue weighted by molar-refractivity contribution is 5.91. The van der Waals surface area contributed by atoms with Crippen molar-refractivity contribution in [2.45, 2.75) is 39.7 Å². The molecule has 2 N–H and O–H groups in total. The molecule has 0 aliphatic rings. The van der Waals surface area contributed by atoms with Crippen molar-refractivity contribution >= 4 is 17.3 Å². The largest absolute Gasteiger partial charge is 0.370 e. The number of carbonyl (C=O) groups is 1.